The Morgan fingerprint density at radius 1 is 1.10 bits per heavy atom. The summed E-state index contributed by atoms with van der Waals surface area (Å²) in [6.07, 6.45) is 4.75. The highest BCUT2D eigenvalue weighted by atomic mass is 32.1. The fraction of sp³-hybridized carbons (Fsp3) is 0.524. The largest absolute Gasteiger partial charge is 0.362 e. The molecule has 7 nitrogen and oxygen atoms in total. The van der Waals surface area contributed by atoms with E-state index in [2.05, 4.69) is 37.3 Å². The third-order valence-corrected chi connectivity index (χ3v) is 6.47. The maximum atomic E-state index is 4.78. The normalized spacial score (nSPS) is 19.4. The third kappa shape index (κ3) is 4.82. The van der Waals surface area contributed by atoms with Gasteiger partial charge in [-0.3, -0.25) is 0 Å². The Kier molecular flexibility index (Phi) is 6.20. The SMILES string of the molecule is Cc1nnsc1CNC[C@H]1CC[C@@H](Nc2nc(N(C)C)c3ccccc3n2)CC1. The molecular weight excluding hydrogens is 382 g/mol. The lowest BCUT2D eigenvalue weighted by Crippen LogP contribution is -2.31. The van der Waals surface area contributed by atoms with Crippen LogP contribution >= 0.6 is 11.5 Å². The van der Waals surface area contributed by atoms with E-state index in [1.54, 1.807) is 0 Å². The Labute approximate surface area is 176 Å². The molecule has 0 amide bonds. The van der Waals surface area contributed by atoms with Crippen LogP contribution in [0.5, 0.6) is 0 Å². The maximum absolute atomic E-state index is 4.78. The lowest BCUT2D eigenvalue weighted by molar-refractivity contribution is 0.324. The Hall–Kier alpha value is -2.32. The maximum Gasteiger partial charge on any atom is 0.225 e. The molecule has 1 aliphatic rings. The van der Waals surface area contributed by atoms with Gasteiger partial charge in [-0.25, -0.2) is 4.98 Å². The molecule has 1 saturated carbocycles. The van der Waals surface area contributed by atoms with Crippen LogP contribution in [0.15, 0.2) is 24.3 Å². The second-order valence-electron chi connectivity index (χ2n) is 8.06. The molecule has 2 heterocycles. The van der Waals surface area contributed by atoms with Crippen LogP contribution in [-0.4, -0.2) is 46.2 Å². The van der Waals surface area contributed by atoms with Crippen LogP contribution in [0.1, 0.15) is 36.3 Å². The average Bonchev–Trinajstić information content (AvgIpc) is 3.13. The fourth-order valence-corrected chi connectivity index (χ4v) is 4.56. The molecule has 3 aromatic rings. The highest BCUT2D eigenvalue weighted by Crippen LogP contribution is 2.28. The summed E-state index contributed by atoms with van der Waals surface area (Å²) in [5, 5.41) is 12.3. The molecule has 0 saturated heterocycles. The van der Waals surface area contributed by atoms with Gasteiger partial charge in [0.25, 0.3) is 0 Å². The van der Waals surface area contributed by atoms with E-state index >= 15 is 0 Å². The number of para-hydroxylation sites is 1. The van der Waals surface area contributed by atoms with Crippen molar-refractivity contribution in [1.29, 1.82) is 0 Å². The number of nitrogens with one attached hydrogen (secondary N) is 2. The van der Waals surface area contributed by atoms with Gasteiger partial charge in [0.15, 0.2) is 0 Å². The first-order valence-corrected chi connectivity index (χ1v) is 11.1. The van der Waals surface area contributed by atoms with Crippen LogP contribution in [0.25, 0.3) is 10.9 Å². The molecule has 0 bridgehead atoms. The Bertz CT molecular complexity index is 947. The van der Waals surface area contributed by atoms with Gasteiger partial charge in [0.1, 0.15) is 5.82 Å². The summed E-state index contributed by atoms with van der Waals surface area (Å²) in [5.41, 5.74) is 2.03. The number of anilines is 2. The third-order valence-electron chi connectivity index (χ3n) is 5.65. The quantitative estimate of drug-likeness (QED) is 0.615. The first kappa shape index (κ1) is 20.0. The summed E-state index contributed by atoms with van der Waals surface area (Å²) >= 11 is 1.49. The van der Waals surface area contributed by atoms with Crippen molar-refractivity contribution in [1.82, 2.24) is 24.9 Å². The molecule has 154 valence electrons. The summed E-state index contributed by atoms with van der Waals surface area (Å²) in [6.45, 7) is 3.95. The monoisotopic (exact) mass is 411 g/mol. The number of hydrogen-bond donors (Lipinski definition) is 2. The van der Waals surface area contributed by atoms with E-state index in [1.807, 2.05) is 33.2 Å². The van der Waals surface area contributed by atoms with Gasteiger partial charge in [-0.05, 0) is 68.7 Å². The molecule has 1 fully saturated rings. The number of aryl methyl sites for hydroxylation is 1. The Morgan fingerprint density at radius 3 is 2.62 bits per heavy atom. The van der Waals surface area contributed by atoms with Crippen molar-refractivity contribution in [3.8, 4) is 0 Å². The van der Waals surface area contributed by atoms with Gasteiger partial charge < -0.3 is 15.5 Å². The lowest BCUT2D eigenvalue weighted by atomic mass is 9.86. The lowest BCUT2D eigenvalue weighted by Gasteiger charge is -2.29. The van der Waals surface area contributed by atoms with E-state index in [0.717, 1.165) is 60.2 Å². The number of aromatic nitrogens is 4. The van der Waals surface area contributed by atoms with Gasteiger partial charge >= 0.3 is 0 Å². The minimum absolute atomic E-state index is 0.440. The smallest absolute Gasteiger partial charge is 0.225 e. The van der Waals surface area contributed by atoms with E-state index in [9.17, 15) is 0 Å². The van der Waals surface area contributed by atoms with E-state index in [1.165, 1.54) is 29.3 Å². The van der Waals surface area contributed by atoms with Gasteiger partial charge in [-0.2, -0.15) is 4.98 Å². The van der Waals surface area contributed by atoms with Crippen LogP contribution in [-0.2, 0) is 6.54 Å². The summed E-state index contributed by atoms with van der Waals surface area (Å²) in [7, 11) is 4.06. The molecule has 1 aliphatic carbocycles. The highest BCUT2D eigenvalue weighted by Gasteiger charge is 2.22. The number of nitrogens with zero attached hydrogens (tertiary/aromatic N) is 5. The highest BCUT2D eigenvalue weighted by molar-refractivity contribution is 7.05. The summed E-state index contributed by atoms with van der Waals surface area (Å²) in [4.78, 5) is 12.8. The van der Waals surface area contributed by atoms with Gasteiger partial charge in [0.05, 0.1) is 16.1 Å². The second kappa shape index (κ2) is 9.00. The first-order chi connectivity index (χ1) is 14.1. The van der Waals surface area contributed by atoms with E-state index < -0.39 is 0 Å². The summed E-state index contributed by atoms with van der Waals surface area (Å²) in [6, 6.07) is 8.64. The Morgan fingerprint density at radius 2 is 1.90 bits per heavy atom. The standard InChI is InChI=1S/C21H29N7S/c1-14-19(29-27-26-14)13-22-12-15-8-10-16(11-9-15)23-21-24-18-7-5-4-6-17(18)20(25-21)28(2)3/h4-7,15-16,22H,8-13H2,1-3H3,(H,23,24,25)/t15-,16+. The molecule has 2 N–H and O–H groups in total. The molecule has 4 rings (SSSR count). The van der Waals surface area contributed by atoms with Crippen molar-refractivity contribution in [2.75, 3.05) is 30.9 Å². The Balaban J connectivity index is 1.31. The van der Waals surface area contributed by atoms with Gasteiger partial charge in [-0.15, -0.1) is 5.10 Å². The molecule has 0 atom stereocenters. The number of hydrogen-bond acceptors (Lipinski definition) is 8. The topological polar surface area (TPSA) is 78.9 Å². The molecular formula is C21H29N7S. The van der Waals surface area contributed by atoms with E-state index in [-0.39, 0.29) is 0 Å². The molecule has 2 aromatic heterocycles. The van der Waals surface area contributed by atoms with E-state index in [0.29, 0.717) is 6.04 Å². The number of benzene rings is 1. The van der Waals surface area contributed by atoms with Gasteiger partial charge in [0.2, 0.25) is 5.95 Å². The zero-order valence-corrected chi connectivity index (χ0v) is 18.2. The van der Waals surface area contributed by atoms with Gasteiger partial charge in [-0.1, -0.05) is 16.6 Å². The molecule has 0 spiro atoms. The van der Waals surface area contributed by atoms with Crippen molar-refractivity contribution >= 4 is 34.2 Å². The molecule has 8 heteroatoms. The van der Waals surface area contributed by atoms with Crippen molar-refractivity contribution in [3.63, 3.8) is 0 Å². The molecule has 0 unspecified atom stereocenters. The zero-order valence-electron chi connectivity index (χ0n) is 17.4. The number of rotatable bonds is 7. The zero-order chi connectivity index (χ0) is 20.2. The average molecular weight is 412 g/mol. The predicted molar refractivity (Wildman–Crippen MR) is 120 cm³/mol. The van der Waals surface area contributed by atoms with Crippen LogP contribution in [0.4, 0.5) is 11.8 Å². The van der Waals surface area contributed by atoms with Crippen molar-refractivity contribution in [2.45, 2.75) is 45.2 Å². The molecule has 29 heavy (non-hydrogen) atoms. The van der Waals surface area contributed by atoms with Crippen LogP contribution in [0.2, 0.25) is 0 Å². The molecule has 0 aliphatic heterocycles. The van der Waals surface area contributed by atoms with Crippen molar-refractivity contribution in [2.24, 2.45) is 5.92 Å². The predicted octanol–water partition coefficient (Wildman–Crippen LogP) is 3.62. The van der Waals surface area contributed by atoms with Crippen LogP contribution in [0, 0.1) is 12.8 Å². The van der Waals surface area contributed by atoms with Gasteiger partial charge in [0, 0.05) is 32.1 Å². The number of fused-ring (bicyclic) bond motifs is 1. The van der Waals surface area contributed by atoms with Crippen LogP contribution < -0.4 is 15.5 Å². The van der Waals surface area contributed by atoms with Crippen LogP contribution in [0.3, 0.4) is 0 Å². The molecule has 0 radical (unpaired) electrons. The van der Waals surface area contributed by atoms with Crippen molar-refractivity contribution in [3.05, 3.63) is 34.8 Å². The van der Waals surface area contributed by atoms with Crippen molar-refractivity contribution < 1.29 is 0 Å². The molecule has 1 aromatic carbocycles. The summed E-state index contributed by atoms with van der Waals surface area (Å²) in [5.74, 6) is 2.43. The first-order valence-electron chi connectivity index (χ1n) is 10.3. The fourth-order valence-electron chi connectivity index (χ4n) is 3.96. The van der Waals surface area contributed by atoms with E-state index in [4.69, 9.17) is 9.97 Å². The minimum Gasteiger partial charge on any atom is -0.362 e. The minimum atomic E-state index is 0.440. The summed E-state index contributed by atoms with van der Waals surface area (Å²) < 4.78 is 4.00. The second-order valence-corrected chi connectivity index (χ2v) is 8.90.